The Balaban J connectivity index is 0.00000361. The molecule has 20 heavy (non-hydrogen) atoms. The number of hydrogen-bond acceptors (Lipinski definition) is 3. The first-order chi connectivity index (χ1) is 9.19. The molecule has 0 unspecified atom stereocenters. The molecule has 1 rings (SSSR count). The van der Waals surface area contributed by atoms with Gasteiger partial charge in [-0.2, -0.15) is 0 Å². The summed E-state index contributed by atoms with van der Waals surface area (Å²) >= 11 is 0. The van der Waals surface area contributed by atoms with Gasteiger partial charge in [0.1, 0.15) is 0 Å². The van der Waals surface area contributed by atoms with Crippen LogP contribution < -0.4 is 15.8 Å². The zero-order chi connectivity index (χ0) is 14.1. The molecule has 4 N–H and O–H groups in total. The van der Waals surface area contributed by atoms with Crippen LogP contribution in [0.25, 0.3) is 0 Å². The molecule has 0 radical (unpaired) electrons. The topological polar surface area (TPSA) is 79.9 Å². The SMILES string of the molecule is CCCCN=C(N)NCCc1cccc(OC)c1O.I. The predicted octanol–water partition coefficient (Wildman–Crippen LogP) is 2.27. The van der Waals surface area contributed by atoms with E-state index in [1.165, 1.54) is 7.11 Å². The fraction of sp³-hybridized carbons (Fsp3) is 0.500. The van der Waals surface area contributed by atoms with Gasteiger partial charge >= 0.3 is 0 Å². The molecule has 0 atom stereocenters. The van der Waals surface area contributed by atoms with Gasteiger partial charge in [0.2, 0.25) is 0 Å². The standard InChI is InChI=1S/C14H23N3O2.HI/c1-3-4-9-16-14(15)17-10-8-11-6-5-7-12(19-2)13(11)18;/h5-7,18H,3-4,8-10H2,1-2H3,(H3,15,16,17);1H. The average Bonchev–Trinajstić information content (AvgIpc) is 2.41. The molecule has 0 fully saturated rings. The molecule has 0 heterocycles. The number of phenols is 1. The van der Waals surface area contributed by atoms with Crippen LogP contribution in [0.4, 0.5) is 0 Å². The normalized spacial score (nSPS) is 10.8. The largest absolute Gasteiger partial charge is 0.504 e. The fourth-order valence-electron chi connectivity index (χ4n) is 1.67. The lowest BCUT2D eigenvalue weighted by Crippen LogP contribution is -2.33. The van der Waals surface area contributed by atoms with Gasteiger partial charge in [0.15, 0.2) is 17.5 Å². The highest BCUT2D eigenvalue weighted by molar-refractivity contribution is 14.0. The van der Waals surface area contributed by atoms with Crippen LogP contribution in [0.5, 0.6) is 11.5 Å². The minimum Gasteiger partial charge on any atom is -0.504 e. The number of benzene rings is 1. The van der Waals surface area contributed by atoms with Gasteiger partial charge in [-0.05, 0) is 24.5 Å². The van der Waals surface area contributed by atoms with E-state index in [-0.39, 0.29) is 29.7 Å². The second kappa shape index (κ2) is 10.6. The zero-order valence-electron chi connectivity index (χ0n) is 12.1. The first kappa shape index (κ1) is 18.8. The van der Waals surface area contributed by atoms with Gasteiger partial charge in [-0.15, -0.1) is 24.0 Å². The van der Waals surface area contributed by atoms with Crippen molar-refractivity contribution in [1.29, 1.82) is 0 Å². The lowest BCUT2D eigenvalue weighted by molar-refractivity contribution is 0.370. The Morgan fingerprint density at radius 2 is 2.20 bits per heavy atom. The van der Waals surface area contributed by atoms with Gasteiger partial charge in [-0.25, -0.2) is 0 Å². The molecule has 6 heteroatoms. The Morgan fingerprint density at radius 1 is 1.45 bits per heavy atom. The van der Waals surface area contributed by atoms with Crippen molar-refractivity contribution < 1.29 is 9.84 Å². The minimum atomic E-state index is 0. The van der Waals surface area contributed by atoms with E-state index >= 15 is 0 Å². The number of rotatable bonds is 7. The van der Waals surface area contributed by atoms with Crippen LogP contribution in [0, 0.1) is 0 Å². The smallest absolute Gasteiger partial charge is 0.188 e. The summed E-state index contributed by atoms with van der Waals surface area (Å²) in [4.78, 5) is 4.20. The number of aliphatic imine (C=N–C) groups is 1. The third-order valence-electron chi connectivity index (χ3n) is 2.80. The van der Waals surface area contributed by atoms with E-state index in [1.54, 1.807) is 6.07 Å². The molecule has 1 aromatic rings. The molecule has 0 amide bonds. The highest BCUT2D eigenvalue weighted by Crippen LogP contribution is 2.29. The summed E-state index contributed by atoms with van der Waals surface area (Å²) in [6.45, 7) is 3.49. The molecule has 0 aliphatic heterocycles. The predicted molar refractivity (Wildman–Crippen MR) is 93.2 cm³/mol. The van der Waals surface area contributed by atoms with Gasteiger partial charge in [0.05, 0.1) is 7.11 Å². The lowest BCUT2D eigenvalue weighted by atomic mass is 10.1. The number of nitrogens with one attached hydrogen (secondary N) is 1. The average molecular weight is 393 g/mol. The number of unbranched alkanes of at least 4 members (excludes halogenated alkanes) is 1. The van der Waals surface area contributed by atoms with Crippen molar-refractivity contribution in [2.75, 3.05) is 20.2 Å². The van der Waals surface area contributed by atoms with E-state index in [4.69, 9.17) is 10.5 Å². The Kier molecular flexibility index (Phi) is 9.96. The van der Waals surface area contributed by atoms with E-state index in [0.717, 1.165) is 24.9 Å². The number of ether oxygens (including phenoxy) is 1. The molecule has 0 spiro atoms. The van der Waals surface area contributed by atoms with Gasteiger partial charge in [-0.3, -0.25) is 4.99 Å². The molecule has 114 valence electrons. The van der Waals surface area contributed by atoms with Gasteiger partial charge in [-0.1, -0.05) is 25.5 Å². The van der Waals surface area contributed by atoms with E-state index in [2.05, 4.69) is 17.2 Å². The molecular weight excluding hydrogens is 369 g/mol. The van der Waals surface area contributed by atoms with Crippen molar-refractivity contribution in [3.05, 3.63) is 23.8 Å². The van der Waals surface area contributed by atoms with E-state index in [0.29, 0.717) is 24.7 Å². The Bertz CT molecular complexity index is 425. The maximum absolute atomic E-state index is 9.91. The van der Waals surface area contributed by atoms with Crippen molar-refractivity contribution in [3.63, 3.8) is 0 Å². The lowest BCUT2D eigenvalue weighted by Gasteiger charge is -2.09. The molecule has 0 bridgehead atoms. The first-order valence-electron chi connectivity index (χ1n) is 6.57. The molecular formula is C14H24IN3O2. The zero-order valence-corrected chi connectivity index (χ0v) is 14.4. The van der Waals surface area contributed by atoms with Crippen LogP contribution in [0.15, 0.2) is 23.2 Å². The van der Waals surface area contributed by atoms with E-state index in [9.17, 15) is 5.11 Å². The van der Waals surface area contributed by atoms with Gasteiger partial charge in [0.25, 0.3) is 0 Å². The van der Waals surface area contributed by atoms with Gasteiger partial charge < -0.3 is 20.9 Å². The third kappa shape index (κ3) is 6.31. The highest BCUT2D eigenvalue weighted by Gasteiger charge is 2.06. The summed E-state index contributed by atoms with van der Waals surface area (Å²) < 4.78 is 5.06. The molecule has 5 nitrogen and oxygen atoms in total. The number of para-hydroxylation sites is 1. The molecule has 0 aliphatic carbocycles. The Morgan fingerprint density at radius 3 is 2.85 bits per heavy atom. The summed E-state index contributed by atoms with van der Waals surface area (Å²) in [6, 6.07) is 5.45. The van der Waals surface area contributed by atoms with Crippen molar-refractivity contribution in [1.82, 2.24) is 5.32 Å². The maximum atomic E-state index is 9.91. The molecule has 0 aromatic heterocycles. The number of aromatic hydroxyl groups is 1. The first-order valence-corrected chi connectivity index (χ1v) is 6.57. The van der Waals surface area contributed by atoms with Crippen LogP contribution in [-0.4, -0.2) is 31.3 Å². The van der Waals surface area contributed by atoms with Crippen LogP contribution in [0.2, 0.25) is 0 Å². The number of guanidine groups is 1. The van der Waals surface area contributed by atoms with Crippen LogP contribution in [-0.2, 0) is 6.42 Å². The van der Waals surface area contributed by atoms with Crippen LogP contribution in [0.3, 0.4) is 0 Å². The van der Waals surface area contributed by atoms with E-state index < -0.39 is 0 Å². The summed E-state index contributed by atoms with van der Waals surface area (Å²) in [7, 11) is 1.54. The van der Waals surface area contributed by atoms with Gasteiger partial charge in [0, 0.05) is 13.1 Å². The second-order valence-electron chi connectivity index (χ2n) is 4.27. The number of phenolic OH excluding ortho intramolecular Hbond substituents is 1. The summed E-state index contributed by atoms with van der Waals surface area (Å²) in [5, 5.41) is 12.9. The van der Waals surface area contributed by atoms with Crippen LogP contribution in [0.1, 0.15) is 25.3 Å². The monoisotopic (exact) mass is 393 g/mol. The molecule has 1 aromatic carbocycles. The number of nitrogens with zero attached hydrogens (tertiary/aromatic N) is 1. The quantitative estimate of drug-likeness (QED) is 0.287. The summed E-state index contributed by atoms with van der Waals surface area (Å²) in [5.74, 6) is 1.13. The minimum absolute atomic E-state index is 0. The number of halogens is 1. The van der Waals surface area contributed by atoms with Crippen LogP contribution >= 0.6 is 24.0 Å². The maximum Gasteiger partial charge on any atom is 0.188 e. The number of nitrogens with two attached hydrogens (primary N) is 1. The van der Waals surface area contributed by atoms with Crippen molar-refractivity contribution in [3.8, 4) is 11.5 Å². The number of hydrogen-bond donors (Lipinski definition) is 3. The highest BCUT2D eigenvalue weighted by atomic mass is 127. The number of methoxy groups -OCH3 is 1. The van der Waals surface area contributed by atoms with Crippen molar-refractivity contribution >= 4 is 29.9 Å². The Hall–Kier alpha value is -1.18. The molecule has 0 saturated carbocycles. The summed E-state index contributed by atoms with van der Waals surface area (Å²) in [6.07, 6.45) is 2.81. The third-order valence-corrected chi connectivity index (χ3v) is 2.80. The van der Waals surface area contributed by atoms with Crippen molar-refractivity contribution in [2.24, 2.45) is 10.7 Å². The summed E-state index contributed by atoms with van der Waals surface area (Å²) in [5.41, 5.74) is 6.55. The fourth-order valence-corrected chi connectivity index (χ4v) is 1.67. The molecule has 0 saturated heterocycles. The Labute approximate surface area is 137 Å². The second-order valence-corrected chi connectivity index (χ2v) is 4.27. The van der Waals surface area contributed by atoms with Crippen molar-refractivity contribution in [2.45, 2.75) is 26.2 Å². The molecule has 0 aliphatic rings. The van der Waals surface area contributed by atoms with E-state index in [1.807, 2.05) is 12.1 Å².